The van der Waals surface area contributed by atoms with Crippen LogP contribution in [0.5, 0.6) is 0 Å². The van der Waals surface area contributed by atoms with Gasteiger partial charge in [0.25, 0.3) is 5.91 Å². The Bertz CT molecular complexity index is 893. The molecule has 0 fully saturated rings. The summed E-state index contributed by atoms with van der Waals surface area (Å²) in [5.41, 5.74) is 3.12. The van der Waals surface area contributed by atoms with E-state index in [0.717, 1.165) is 11.3 Å². The van der Waals surface area contributed by atoms with E-state index in [1.165, 1.54) is 0 Å². The average Bonchev–Trinajstić information content (AvgIpc) is 3.14. The molecule has 0 saturated carbocycles. The molecule has 0 aliphatic rings. The Morgan fingerprint density at radius 2 is 1.64 bits per heavy atom. The predicted molar refractivity (Wildman–Crippen MR) is 114 cm³/mol. The largest absolute Gasteiger partial charge is 0.350 e. The van der Waals surface area contributed by atoms with E-state index in [1.807, 2.05) is 81.0 Å². The molecule has 0 spiro atoms. The molecule has 5 nitrogen and oxygen atoms in total. The minimum atomic E-state index is -0.103. The zero-order valence-electron chi connectivity index (χ0n) is 17.0. The van der Waals surface area contributed by atoms with Crippen molar-refractivity contribution in [3.05, 3.63) is 72.4 Å². The standard InChI is InChI=1S/C23H28N4O/c1-17(2)21(26(3)4)15-24-23(28)20-16-27(19-13-9-6-10-14-19)25-22(20)18-11-7-5-8-12-18/h5-14,16-17,21H,15H2,1-4H3,(H,24,28). The number of hydrogen-bond donors (Lipinski definition) is 1. The van der Waals surface area contributed by atoms with Gasteiger partial charge in [-0.3, -0.25) is 4.79 Å². The van der Waals surface area contributed by atoms with Gasteiger partial charge in [-0.25, -0.2) is 4.68 Å². The summed E-state index contributed by atoms with van der Waals surface area (Å²) in [5.74, 6) is 0.337. The van der Waals surface area contributed by atoms with Gasteiger partial charge < -0.3 is 10.2 Å². The Balaban J connectivity index is 1.92. The number of aromatic nitrogens is 2. The van der Waals surface area contributed by atoms with E-state index in [0.29, 0.717) is 23.7 Å². The van der Waals surface area contributed by atoms with Crippen LogP contribution in [0.15, 0.2) is 66.9 Å². The molecule has 2 aromatic carbocycles. The summed E-state index contributed by atoms with van der Waals surface area (Å²) in [6.07, 6.45) is 1.81. The van der Waals surface area contributed by atoms with Crippen molar-refractivity contribution in [2.45, 2.75) is 19.9 Å². The molecule has 0 aliphatic carbocycles. The van der Waals surface area contributed by atoms with Crippen LogP contribution in [-0.2, 0) is 0 Å². The fourth-order valence-corrected chi connectivity index (χ4v) is 3.37. The van der Waals surface area contributed by atoms with E-state index in [-0.39, 0.29) is 11.9 Å². The summed E-state index contributed by atoms with van der Waals surface area (Å²) >= 11 is 0. The smallest absolute Gasteiger partial charge is 0.255 e. The Labute approximate surface area is 167 Å². The van der Waals surface area contributed by atoms with E-state index >= 15 is 0 Å². The zero-order chi connectivity index (χ0) is 20.1. The molecule has 0 bridgehead atoms. The summed E-state index contributed by atoms with van der Waals surface area (Å²) in [4.78, 5) is 15.2. The Hall–Kier alpha value is -2.92. The predicted octanol–water partition coefficient (Wildman–Crippen LogP) is 3.86. The summed E-state index contributed by atoms with van der Waals surface area (Å²) in [6, 6.07) is 19.9. The maximum absolute atomic E-state index is 13.1. The number of hydrogen-bond acceptors (Lipinski definition) is 3. The van der Waals surface area contributed by atoms with Gasteiger partial charge in [0.1, 0.15) is 5.69 Å². The first-order valence-corrected chi connectivity index (χ1v) is 9.62. The minimum Gasteiger partial charge on any atom is -0.350 e. The number of rotatable bonds is 7. The van der Waals surface area contributed by atoms with Crippen LogP contribution >= 0.6 is 0 Å². The molecule has 5 heteroatoms. The molecular weight excluding hydrogens is 348 g/mol. The van der Waals surface area contributed by atoms with Gasteiger partial charge in [0.15, 0.2) is 0 Å². The Kier molecular flexibility index (Phi) is 6.26. The molecule has 0 aliphatic heterocycles. The number of nitrogens with one attached hydrogen (secondary N) is 1. The average molecular weight is 377 g/mol. The van der Waals surface area contributed by atoms with E-state index < -0.39 is 0 Å². The molecule has 1 amide bonds. The summed E-state index contributed by atoms with van der Waals surface area (Å²) in [6.45, 7) is 4.92. The fraction of sp³-hybridized carbons (Fsp3) is 0.304. The van der Waals surface area contributed by atoms with Gasteiger partial charge in [-0.15, -0.1) is 0 Å². The van der Waals surface area contributed by atoms with Crippen molar-refractivity contribution in [3.8, 4) is 16.9 Å². The van der Waals surface area contributed by atoms with Gasteiger partial charge in [0.05, 0.1) is 11.3 Å². The first-order chi connectivity index (χ1) is 13.5. The van der Waals surface area contributed by atoms with Crippen LogP contribution in [0.3, 0.4) is 0 Å². The number of carbonyl (C=O) groups is 1. The van der Waals surface area contributed by atoms with Crippen molar-refractivity contribution in [3.63, 3.8) is 0 Å². The highest BCUT2D eigenvalue weighted by Gasteiger charge is 2.21. The Morgan fingerprint density at radius 3 is 2.21 bits per heavy atom. The van der Waals surface area contributed by atoms with E-state index in [9.17, 15) is 4.79 Å². The number of amides is 1. The van der Waals surface area contributed by atoms with Gasteiger partial charge in [-0.05, 0) is 32.1 Å². The summed E-state index contributed by atoms with van der Waals surface area (Å²) < 4.78 is 1.77. The molecular formula is C23H28N4O. The quantitative estimate of drug-likeness (QED) is 0.681. The third kappa shape index (κ3) is 4.49. The van der Waals surface area contributed by atoms with Crippen molar-refractivity contribution in [2.24, 2.45) is 5.92 Å². The minimum absolute atomic E-state index is 0.103. The summed E-state index contributed by atoms with van der Waals surface area (Å²) in [5, 5.41) is 7.82. The van der Waals surface area contributed by atoms with Crippen LogP contribution in [0.4, 0.5) is 0 Å². The number of nitrogens with zero attached hydrogens (tertiary/aromatic N) is 3. The molecule has 0 saturated heterocycles. The van der Waals surface area contributed by atoms with E-state index in [2.05, 4.69) is 24.1 Å². The molecule has 1 unspecified atom stereocenters. The topological polar surface area (TPSA) is 50.2 Å². The van der Waals surface area contributed by atoms with Crippen LogP contribution < -0.4 is 5.32 Å². The highest BCUT2D eigenvalue weighted by atomic mass is 16.1. The molecule has 1 N–H and O–H groups in total. The fourth-order valence-electron chi connectivity index (χ4n) is 3.37. The monoisotopic (exact) mass is 376 g/mol. The van der Waals surface area contributed by atoms with Crippen molar-refractivity contribution >= 4 is 5.91 Å². The molecule has 1 aromatic heterocycles. The van der Waals surface area contributed by atoms with Crippen molar-refractivity contribution in [1.29, 1.82) is 0 Å². The third-order valence-corrected chi connectivity index (χ3v) is 4.93. The van der Waals surface area contributed by atoms with Crippen LogP contribution in [-0.4, -0.2) is 47.3 Å². The van der Waals surface area contributed by atoms with Gasteiger partial charge in [0, 0.05) is 24.3 Å². The molecule has 0 radical (unpaired) electrons. The van der Waals surface area contributed by atoms with Crippen molar-refractivity contribution in [1.82, 2.24) is 20.0 Å². The number of para-hydroxylation sites is 1. The van der Waals surface area contributed by atoms with Crippen LogP contribution in [0.1, 0.15) is 24.2 Å². The Morgan fingerprint density at radius 1 is 1.04 bits per heavy atom. The maximum atomic E-state index is 13.1. The lowest BCUT2D eigenvalue weighted by Crippen LogP contribution is -2.43. The molecule has 146 valence electrons. The first kappa shape index (κ1) is 19.8. The second kappa shape index (κ2) is 8.85. The van der Waals surface area contributed by atoms with E-state index in [4.69, 9.17) is 5.10 Å². The second-order valence-corrected chi connectivity index (χ2v) is 7.52. The number of carbonyl (C=O) groups excluding carboxylic acids is 1. The zero-order valence-corrected chi connectivity index (χ0v) is 17.0. The maximum Gasteiger partial charge on any atom is 0.255 e. The van der Waals surface area contributed by atoms with Gasteiger partial charge in [0.2, 0.25) is 0 Å². The highest BCUT2D eigenvalue weighted by molar-refractivity contribution is 5.99. The van der Waals surface area contributed by atoms with Crippen LogP contribution in [0.25, 0.3) is 16.9 Å². The lowest BCUT2D eigenvalue weighted by Gasteiger charge is -2.28. The first-order valence-electron chi connectivity index (χ1n) is 9.62. The number of likely N-dealkylation sites (N-methyl/N-ethyl adjacent to an activating group) is 1. The third-order valence-electron chi connectivity index (χ3n) is 4.93. The molecule has 1 atom stereocenters. The number of benzene rings is 2. The molecule has 1 heterocycles. The normalized spacial score (nSPS) is 12.4. The SMILES string of the molecule is CC(C)C(CNC(=O)c1cn(-c2ccccc2)nc1-c1ccccc1)N(C)C. The van der Waals surface area contributed by atoms with Crippen molar-refractivity contribution in [2.75, 3.05) is 20.6 Å². The van der Waals surface area contributed by atoms with Gasteiger partial charge >= 0.3 is 0 Å². The highest BCUT2D eigenvalue weighted by Crippen LogP contribution is 2.23. The van der Waals surface area contributed by atoms with Crippen molar-refractivity contribution < 1.29 is 4.79 Å². The molecule has 28 heavy (non-hydrogen) atoms. The lowest BCUT2D eigenvalue weighted by molar-refractivity contribution is 0.0935. The molecule has 3 aromatic rings. The second-order valence-electron chi connectivity index (χ2n) is 7.52. The molecule has 3 rings (SSSR count). The van der Waals surface area contributed by atoms with Gasteiger partial charge in [-0.2, -0.15) is 5.10 Å². The van der Waals surface area contributed by atoms with Crippen LogP contribution in [0, 0.1) is 5.92 Å². The van der Waals surface area contributed by atoms with Gasteiger partial charge in [-0.1, -0.05) is 62.4 Å². The van der Waals surface area contributed by atoms with E-state index in [1.54, 1.807) is 4.68 Å². The lowest BCUT2D eigenvalue weighted by atomic mass is 10.0. The summed E-state index contributed by atoms with van der Waals surface area (Å²) in [7, 11) is 4.08. The van der Waals surface area contributed by atoms with Crippen LogP contribution in [0.2, 0.25) is 0 Å².